The van der Waals surface area contributed by atoms with Crippen LogP contribution in [0.3, 0.4) is 0 Å². The molecule has 30 heavy (non-hydrogen) atoms. The van der Waals surface area contributed by atoms with Gasteiger partial charge in [-0.2, -0.15) is 0 Å². The molecule has 1 aromatic carbocycles. The SMILES string of the molecule is Fc1ccc(-c2nc3ccc(N4CC5CC4CO5)nc3n2-c2ccncc2)c(F)c1. The number of imidazole rings is 1. The Bertz CT molecular complexity index is 1260. The second-order valence-corrected chi connectivity index (χ2v) is 7.61. The first-order valence-corrected chi connectivity index (χ1v) is 9.81. The van der Waals surface area contributed by atoms with Crippen LogP contribution in [0.5, 0.6) is 0 Å². The van der Waals surface area contributed by atoms with Crippen LogP contribution in [0, 0.1) is 11.6 Å². The van der Waals surface area contributed by atoms with Gasteiger partial charge in [-0.1, -0.05) is 0 Å². The molecule has 4 aromatic rings. The van der Waals surface area contributed by atoms with Crippen LogP contribution in [-0.2, 0) is 4.74 Å². The van der Waals surface area contributed by atoms with E-state index in [4.69, 9.17) is 9.72 Å². The number of fused-ring (bicyclic) bond motifs is 3. The molecule has 2 bridgehead atoms. The molecule has 6 nitrogen and oxygen atoms in total. The largest absolute Gasteiger partial charge is 0.374 e. The van der Waals surface area contributed by atoms with Gasteiger partial charge in [-0.15, -0.1) is 0 Å². The molecule has 2 aliphatic heterocycles. The first-order chi connectivity index (χ1) is 14.7. The molecule has 0 amide bonds. The Morgan fingerprint density at radius 3 is 2.60 bits per heavy atom. The fourth-order valence-electron chi connectivity index (χ4n) is 4.38. The minimum atomic E-state index is -0.671. The van der Waals surface area contributed by atoms with Gasteiger partial charge >= 0.3 is 0 Å². The predicted octanol–water partition coefficient (Wildman–Crippen LogP) is 3.74. The number of halogens is 2. The first kappa shape index (κ1) is 17.5. The van der Waals surface area contributed by atoms with Gasteiger partial charge in [-0.05, 0) is 42.8 Å². The molecule has 2 fully saturated rings. The van der Waals surface area contributed by atoms with Gasteiger partial charge in [0.2, 0.25) is 0 Å². The van der Waals surface area contributed by atoms with E-state index in [1.165, 1.54) is 12.1 Å². The van der Waals surface area contributed by atoms with Crippen molar-refractivity contribution in [1.82, 2.24) is 19.5 Å². The summed E-state index contributed by atoms with van der Waals surface area (Å²) in [7, 11) is 0. The van der Waals surface area contributed by atoms with E-state index in [1.54, 1.807) is 17.0 Å². The van der Waals surface area contributed by atoms with Crippen molar-refractivity contribution in [3.05, 3.63) is 66.5 Å². The Labute approximate surface area is 170 Å². The van der Waals surface area contributed by atoms with Gasteiger partial charge in [0.05, 0.1) is 30.0 Å². The lowest BCUT2D eigenvalue weighted by Crippen LogP contribution is -2.37. The molecule has 8 heteroatoms. The number of nitrogens with zero attached hydrogens (tertiary/aromatic N) is 5. The topological polar surface area (TPSA) is 56.1 Å². The highest BCUT2D eigenvalue weighted by Crippen LogP contribution is 2.34. The average molecular weight is 405 g/mol. The maximum absolute atomic E-state index is 14.6. The van der Waals surface area contributed by atoms with Crippen molar-refractivity contribution in [1.29, 1.82) is 0 Å². The normalized spacial score (nSPS) is 20.4. The van der Waals surface area contributed by atoms with Crippen molar-refractivity contribution in [3.63, 3.8) is 0 Å². The summed E-state index contributed by atoms with van der Waals surface area (Å²) >= 11 is 0. The monoisotopic (exact) mass is 405 g/mol. The summed E-state index contributed by atoms with van der Waals surface area (Å²) in [5.41, 5.74) is 2.21. The fraction of sp³-hybridized carbons (Fsp3) is 0.227. The van der Waals surface area contributed by atoms with Crippen LogP contribution in [-0.4, -0.2) is 44.8 Å². The lowest BCUT2D eigenvalue weighted by molar-refractivity contribution is 0.0989. The molecule has 2 atom stereocenters. The Hall–Kier alpha value is -3.39. The van der Waals surface area contributed by atoms with Gasteiger partial charge in [0.25, 0.3) is 0 Å². The molecular formula is C22H17F2N5O. The molecule has 0 radical (unpaired) electrons. The Morgan fingerprint density at radius 1 is 1.00 bits per heavy atom. The molecule has 2 aliphatic rings. The second kappa shape index (κ2) is 6.56. The van der Waals surface area contributed by atoms with E-state index in [-0.39, 0.29) is 11.7 Å². The number of pyridine rings is 2. The van der Waals surface area contributed by atoms with E-state index in [0.29, 0.717) is 29.6 Å². The van der Waals surface area contributed by atoms with Crippen molar-refractivity contribution < 1.29 is 13.5 Å². The van der Waals surface area contributed by atoms with Crippen LogP contribution < -0.4 is 4.90 Å². The number of benzene rings is 1. The smallest absolute Gasteiger partial charge is 0.167 e. The molecule has 150 valence electrons. The van der Waals surface area contributed by atoms with E-state index < -0.39 is 11.6 Å². The lowest BCUT2D eigenvalue weighted by atomic mass is 10.2. The molecule has 3 aromatic heterocycles. The van der Waals surface area contributed by atoms with Gasteiger partial charge in [-0.25, -0.2) is 18.7 Å². The van der Waals surface area contributed by atoms with Crippen molar-refractivity contribution in [2.75, 3.05) is 18.1 Å². The number of ether oxygens (including phenoxy) is 1. The summed E-state index contributed by atoms with van der Waals surface area (Å²) in [6.45, 7) is 1.52. The highest BCUT2D eigenvalue weighted by Gasteiger charge is 2.39. The standard InChI is InChI=1S/C22H17F2N5O/c23-13-1-2-17(18(24)9-13)21-26-19-3-4-20(28-11-16-10-15(28)12-30-16)27-22(19)29(21)14-5-7-25-8-6-14/h1-9,15-16H,10-12H2. The molecule has 0 N–H and O–H groups in total. The molecule has 0 saturated carbocycles. The van der Waals surface area contributed by atoms with Crippen LogP contribution >= 0.6 is 0 Å². The minimum absolute atomic E-state index is 0.210. The molecule has 0 spiro atoms. The van der Waals surface area contributed by atoms with Gasteiger partial charge in [0, 0.05) is 25.0 Å². The van der Waals surface area contributed by atoms with Crippen molar-refractivity contribution in [2.24, 2.45) is 0 Å². The maximum Gasteiger partial charge on any atom is 0.167 e. The quantitative estimate of drug-likeness (QED) is 0.520. The van der Waals surface area contributed by atoms with Gasteiger partial charge < -0.3 is 9.64 Å². The van der Waals surface area contributed by atoms with Gasteiger partial charge in [0.15, 0.2) is 5.65 Å². The number of hydrogen-bond acceptors (Lipinski definition) is 5. The van der Waals surface area contributed by atoms with Crippen molar-refractivity contribution >= 4 is 17.0 Å². The highest BCUT2D eigenvalue weighted by molar-refractivity contribution is 5.81. The fourth-order valence-corrected chi connectivity index (χ4v) is 4.38. The Balaban J connectivity index is 1.57. The molecule has 6 rings (SSSR count). The molecular weight excluding hydrogens is 388 g/mol. The molecule has 5 heterocycles. The van der Waals surface area contributed by atoms with E-state index in [1.807, 2.05) is 24.3 Å². The van der Waals surface area contributed by atoms with Crippen LogP contribution in [0.25, 0.3) is 28.2 Å². The number of rotatable bonds is 3. The van der Waals surface area contributed by atoms with E-state index >= 15 is 0 Å². The number of aromatic nitrogens is 4. The summed E-state index contributed by atoms with van der Waals surface area (Å²) in [5, 5.41) is 0. The van der Waals surface area contributed by atoms with Gasteiger partial charge in [0.1, 0.15) is 28.8 Å². The number of morpholine rings is 1. The van der Waals surface area contributed by atoms with Crippen LogP contribution in [0.15, 0.2) is 54.9 Å². The number of anilines is 1. The zero-order chi connectivity index (χ0) is 20.2. The third-order valence-corrected chi connectivity index (χ3v) is 5.78. The van der Waals surface area contributed by atoms with E-state index in [2.05, 4.69) is 14.9 Å². The Morgan fingerprint density at radius 2 is 1.87 bits per heavy atom. The average Bonchev–Trinajstić information content (AvgIpc) is 3.48. The van der Waals surface area contributed by atoms with Crippen molar-refractivity contribution in [2.45, 2.75) is 18.6 Å². The zero-order valence-electron chi connectivity index (χ0n) is 15.9. The summed E-state index contributed by atoms with van der Waals surface area (Å²) in [5.74, 6) is -0.0892. The van der Waals surface area contributed by atoms with Crippen LogP contribution in [0.1, 0.15) is 6.42 Å². The summed E-state index contributed by atoms with van der Waals surface area (Å²) in [4.78, 5) is 15.9. The predicted molar refractivity (Wildman–Crippen MR) is 108 cm³/mol. The third kappa shape index (κ3) is 2.68. The Kier molecular flexibility index (Phi) is 3.82. The minimum Gasteiger partial charge on any atom is -0.374 e. The number of hydrogen-bond donors (Lipinski definition) is 0. The molecule has 0 aliphatic carbocycles. The van der Waals surface area contributed by atoms with Crippen molar-refractivity contribution in [3.8, 4) is 17.1 Å². The summed E-state index contributed by atoms with van der Waals surface area (Å²) < 4.78 is 35.6. The van der Waals surface area contributed by atoms with Crippen LogP contribution in [0.2, 0.25) is 0 Å². The molecule has 2 saturated heterocycles. The van der Waals surface area contributed by atoms with E-state index in [9.17, 15) is 8.78 Å². The highest BCUT2D eigenvalue weighted by atomic mass is 19.1. The summed E-state index contributed by atoms with van der Waals surface area (Å²) in [6.07, 6.45) is 4.58. The second-order valence-electron chi connectivity index (χ2n) is 7.61. The summed E-state index contributed by atoms with van der Waals surface area (Å²) in [6, 6.07) is 11.3. The van der Waals surface area contributed by atoms with Crippen LogP contribution in [0.4, 0.5) is 14.6 Å². The zero-order valence-corrected chi connectivity index (χ0v) is 15.9. The first-order valence-electron chi connectivity index (χ1n) is 9.81. The third-order valence-electron chi connectivity index (χ3n) is 5.78. The maximum atomic E-state index is 14.6. The molecule has 2 unspecified atom stereocenters. The lowest BCUT2D eigenvalue weighted by Gasteiger charge is -2.27. The van der Waals surface area contributed by atoms with Gasteiger partial charge in [-0.3, -0.25) is 9.55 Å². The van der Waals surface area contributed by atoms with E-state index in [0.717, 1.165) is 30.5 Å².